The number of benzene rings is 1. The second-order valence-electron chi connectivity index (χ2n) is 5.15. The molecule has 1 atom stereocenters. The Kier molecular flexibility index (Phi) is 3.48. The maximum absolute atomic E-state index is 11.7. The monoisotopic (exact) mass is 267 g/mol. The average molecular weight is 267 g/mol. The third-order valence-electron chi connectivity index (χ3n) is 3.81. The third kappa shape index (κ3) is 2.56. The van der Waals surface area contributed by atoms with Crippen molar-refractivity contribution in [3.63, 3.8) is 0 Å². The zero-order valence-electron chi connectivity index (χ0n) is 11.2. The van der Waals surface area contributed by atoms with E-state index >= 15 is 0 Å². The van der Waals surface area contributed by atoms with Crippen LogP contribution in [0.25, 0.3) is 0 Å². The molecule has 0 aliphatic carbocycles. The number of pyridine rings is 1. The molecule has 1 amide bonds. The number of amides is 1. The molecule has 2 N–H and O–H groups in total. The van der Waals surface area contributed by atoms with Gasteiger partial charge in [0.2, 0.25) is 5.91 Å². The normalized spacial score (nSPS) is 18.5. The predicted molar refractivity (Wildman–Crippen MR) is 76.6 cm³/mol. The Morgan fingerprint density at radius 3 is 2.60 bits per heavy atom. The standard InChI is InChI=1S/C16H17N3O/c17-16(20)15-9-13-3-1-2-4-14(13)11-19(15)10-12-5-7-18-8-6-12/h1-8,15H,9-11H2,(H2,17,20)/t15-/m0/s1. The first-order valence-electron chi connectivity index (χ1n) is 6.73. The molecule has 0 saturated carbocycles. The van der Waals surface area contributed by atoms with Crippen LogP contribution in [0.4, 0.5) is 0 Å². The number of fused-ring (bicyclic) bond motifs is 1. The Balaban J connectivity index is 1.87. The maximum atomic E-state index is 11.7. The van der Waals surface area contributed by atoms with E-state index in [1.54, 1.807) is 12.4 Å². The minimum atomic E-state index is -0.256. The molecule has 3 rings (SSSR count). The zero-order valence-corrected chi connectivity index (χ0v) is 11.2. The zero-order chi connectivity index (χ0) is 13.9. The molecular weight excluding hydrogens is 250 g/mol. The van der Waals surface area contributed by atoms with E-state index in [2.05, 4.69) is 22.0 Å². The lowest BCUT2D eigenvalue weighted by Crippen LogP contribution is -2.48. The van der Waals surface area contributed by atoms with Crippen LogP contribution in [0.1, 0.15) is 16.7 Å². The predicted octanol–water partition coefficient (Wildman–Crippen LogP) is 1.49. The number of carbonyl (C=O) groups is 1. The number of hydrogen-bond donors (Lipinski definition) is 1. The molecule has 4 heteroatoms. The second-order valence-corrected chi connectivity index (χ2v) is 5.15. The molecule has 1 aliphatic heterocycles. The molecule has 1 aromatic heterocycles. The van der Waals surface area contributed by atoms with E-state index in [0.29, 0.717) is 13.0 Å². The van der Waals surface area contributed by atoms with E-state index < -0.39 is 0 Å². The summed E-state index contributed by atoms with van der Waals surface area (Å²) in [4.78, 5) is 17.9. The fraction of sp³-hybridized carbons (Fsp3) is 0.250. The molecule has 2 aromatic rings. The summed E-state index contributed by atoms with van der Waals surface area (Å²) in [5.74, 6) is -0.256. The Morgan fingerprint density at radius 1 is 1.20 bits per heavy atom. The smallest absolute Gasteiger partial charge is 0.235 e. The van der Waals surface area contributed by atoms with Crippen LogP contribution in [0.2, 0.25) is 0 Å². The van der Waals surface area contributed by atoms with Gasteiger partial charge in [0.1, 0.15) is 0 Å². The Bertz CT molecular complexity index is 612. The number of hydrogen-bond acceptors (Lipinski definition) is 3. The van der Waals surface area contributed by atoms with Crippen molar-refractivity contribution in [3.8, 4) is 0 Å². The number of nitrogens with zero attached hydrogens (tertiary/aromatic N) is 2. The van der Waals surface area contributed by atoms with Gasteiger partial charge in [-0.2, -0.15) is 0 Å². The van der Waals surface area contributed by atoms with E-state index in [1.807, 2.05) is 24.3 Å². The van der Waals surface area contributed by atoms with Crippen LogP contribution in [0.3, 0.4) is 0 Å². The van der Waals surface area contributed by atoms with Crippen molar-refractivity contribution < 1.29 is 4.79 Å². The lowest BCUT2D eigenvalue weighted by atomic mass is 9.93. The summed E-state index contributed by atoms with van der Waals surface area (Å²) in [6.45, 7) is 1.47. The highest BCUT2D eigenvalue weighted by Crippen LogP contribution is 2.24. The van der Waals surface area contributed by atoms with Crippen molar-refractivity contribution in [2.24, 2.45) is 5.73 Å². The molecule has 2 heterocycles. The van der Waals surface area contributed by atoms with Crippen LogP contribution in [0.15, 0.2) is 48.8 Å². The molecular formula is C16H17N3O. The highest BCUT2D eigenvalue weighted by molar-refractivity contribution is 5.80. The van der Waals surface area contributed by atoms with Gasteiger partial charge in [-0.1, -0.05) is 24.3 Å². The van der Waals surface area contributed by atoms with Crippen LogP contribution in [-0.2, 0) is 24.3 Å². The number of primary amides is 1. The first kappa shape index (κ1) is 12.8. The summed E-state index contributed by atoms with van der Waals surface area (Å²) in [5.41, 5.74) is 9.22. The fourth-order valence-electron chi connectivity index (χ4n) is 2.75. The summed E-state index contributed by atoms with van der Waals surface area (Å²) in [6, 6.07) is 11.9. The lowest BCUT2D eigenvalue weighted by molar-refractivity contribution is -0.124. The quantitative estimate of drug-likeness (QED) is 0.916. The summed E-state index contributed by atoms with van der Waals surface area (Å²) < 4.78 is 0. The molecule has 0 fully saturated rings. The van der Waals surface area contributed by atoms with Crippen LogP contribution in [-0.4, -0.2) is 21.8 Å². The first-order valence-corrected chi connectivity index (χ1v) is 6.73. The number of carbonyl (C=O) groups excluding carboxylic acids is 1. The molecule has 0 saturated heterocycles. The van der Waals surface area contributed by atoms with E-state index in [9.17, 15) is 4.79 Å². The summed E-state index contributed by atoms with van der Waals surface area (Å²) in [7, 11) is 0. The second kappa shape index (κ2) is 5.43. The van der Waals surface area contributed by atoms with Gasteiger partial charge in [0.25, 0.3) is 0 Å². The van der Waals surface area contributed by atoms with Crippen LogP contribution >= 0.6 is 0 Å². The Hall–Kier alpha value is -2.20. The molecule has 20 heavy (non-hydrogen) atoms. The molecule has 1 aromatic carbocycles. The Labute approximate surface area is 118 Å². The van der Waals surface area contributed by atoms with Crippen LogP contribution in [0, 0.1) is 0 Å². The van der Waals surface area contributed by atoms with Crippen molar-refractivity contribution >= 4 is 5.91 Å². The molecule has 4 nitrogen and oxygen atoms in total. The van der Waals surface area contributed by atoms with Crippen LogP contribution < -0.4 is 5.73 Å². The molecule has 1 aliphatic rings. The molecule has 0 radical (unpaired) electrons. The Morgan fingerprint density at radius 2 is 1.90 bits per heavy atom. The largest absolute Gasteiger partial charge is 0.368 e. The molecule has 0 spiro atoms. The molecule has 102 valence electrons. The van der Waals surface area contributed by atoms with Crippen molar-refractivity contribution in [1.82, 2.24) is 9.88 Å². The number of nitrogens with two attached hydrogens (primary N) is 1. The van der Waals surface area contributed by atoms with Gasteiger partial charge in [-0.15, -0.1) is 0 Å². The highest BCUT2D eigenvalue weighted by atomic mass is 16.1. The summed E-state index contributed by atoms with van der Waals surface area (Å²) in [6.07, 6.45) is 4.23. The topological polar surface area (TPSA) is 59.2 Å². The minimum Gasteiger partial charge on any atom is -0.368 e. The fourth-order valence-corrected chi connectivity index (χ4v) is 2.75. The van der Waals surface area contributed by atoms with Crippen LogP contribution in [0.5, 0.6) is 0 Å². The van der Waals surface area contributed by atoms with Crippen molar-refractivity contribution in [1.29, 1.82) is 0 Å². The van der Waals surface area contributed by atoms with Gasteiger partial charge in [-0.25, -0.2) is 0 Å². The van der Waals surface area contributed by atoms with Crippen molar-refractivity contribution in [2.75, 3.05) is 0 Å². The van der Waals surface area contributed by atoms with Gasteiger partial charge < -0.3 is 5.73 Å². The summed E-state index contributed by atoms with van der Waals surface area (Å²) >= 11 is 0. The van der Waals surface area contributed by atoms with Crippen molar-refractivity contribution in [3.05, 3.63) is 65.5 Å². The van der Waals surface area contributed by atoms with E-state index in [-0.39, 0.29) is 11.9 Å². The van der Waals surface area contributed by atoms with E-state index in [0.717, 1.165) is 12.1 Å². The van der Waals surface area contributed by atoms with Gasteiger partial charge in [0.05, 0.1) is 6.04 Å². The van der Waals surface area contributed by atoms with Gasteiger partial charge in [-0.05, 0) is 35.2 Å². The SMILES string of the molecule is NC(=O)[C@@H]1Cc2ccccc2CN1Cc1ccncc1. The van der Waals surface area contributed by atoms with Gasteiger partial charge >= 0.3 is 0 Å². The van der Waals surface area contributed by atoms with Gasteiger partial charge in [0, 0.05) is 25.5 Å². The first-order chi connectivity index (χ1) is 9.74. The van der Waals surface area contributed by atoms with E-state index in [4.69, 9.17) is 5.73 Å². The maximum Gasteiger partial charge on any atom is 0.235 e. The highest BCUT2D eigenvalue weighted by Gasteiger charge is 2.29. The molecule has 0 bridgehead atoms. The number of aromatic nitrogens is 1. The molecule has 0 unspecified atom stereocenters. The van der Waals surface area contributed by atoms with E-state index in [1.165, 1.54) is 11.1 Å². The lowest BCUT2D eigenvalue weighted by Gasteiger charge is -2.35. The minimum absolute atomic E-state index is 0.238. The van der Waals surface area contributed by atoms with Crippen molar-refractivity contribution in [2.45, 2.75) is 25.6 Å². The van der Waals surface area contributed by atoms with Gasteiger partial charge in [-0.3, -0.25) is 14.7 Å². The average Bonchev–Trinajstić information content (AvgIpc) is 2.47. The number of rotatable bonds is 3. The summed E-state index contributed by atoms with van der Waals surface area (Å²) in [5, 5.41) is 0. The van der Waals surface area contributed by atoms with Gasteiger partial charge in [0.15, 0.2) is 0 Å². The third-order valence-corrected chi connectivity index (χ3v) is 3.81.